The van der Waals surface area contributed by atoms with Crippen molar-refractivity contribution < 1.29 is 9.53 Å². The molecule has 1 aromatic heterocycles. The van der Waals surface area contributed by atoms with Gasteiger partial charge in [-0.25, -0.2) is 4.98 Å². The molecule has 0 aliphatic carbocycles. The zero-order chi connectivity index (χ0) is 16.3. The van der Waals surface area contributed by atoms with E-state index in [-0.39, 0.29) is 5.91 Å². The number of carbonyl (C=O) groups is 1. The van der Waals surface area contributed by atoms with E-state index in [1.165, 1.54) is 5.01 Å². The summed E-state index contributed by atoms with van der Waals surface area (Å²) in [6, 6.07) is 0. The summed E-state index contributed by atoms with van der Waals surface area (Å²) >= 11 is 1.74. The molecule has 3 rings (SSSR count). The largest absolute Gasteiger partial charge is 0.381 e. The van der Waals surface area contributed by atoms with Crippen LogP contribution in [0.1, 0.15) is 49.2 Å². The van der Waals surface area contributed by atoms with Crippen molar-refractivity contribution in [2.75, 3.05) is 32.8 Å². The Labute approximate surface area is 142 Å². The number of carbonyl (C=O) groups excluding carboxylic acids is 1. The molecule has 0 bridgehead atoms. The topological polar surface area (TPSA) is 68.5 Å². The summed E-state index contributed by atoms with van der Waals surface area (Å²) in [5.74, 6) is 0.618. The second-order valence-electron chi connectivity index (χ2n) is 6.72. The number of amides is 1. The highest BCUT2D eigenvalue weighted by atomic mass is 32.1. The van der Waals surface area contributed by atoms with Gasteiger partial charge in [-0.1, -0.05) is 6.92 Å². The van der Waals surface area contributed by atoms with Crippen LogP contribution in [0.2, 0.25) is 0 Å². The molecule has 1 aromatic rings. The van der Waals surface area contributed by atoms with Crippen LogP contribution in [-0.4, -0.2) is 48.6 Å². The summed E-state index contributed by atoms with van der Waals surface area (Å²) in [5.41, 5.74) is 6.76. The third kappa shape index (κ3) is 3.44. The minimum atomic E-state index is -0.405. The maximum atomic E-state index is 13.1. The molecule has 2 fully saturated rings. The van der Waals surface area contributed by atoms with Gasteiger partial charge in [-0.2, -0.15) is 0 Å². The van der Waals surface area contributed by atoms with E-state index in [0.29, 0.717) is 25.7 Å². The summed E-state index contributed by atoms with van der Waals surface area (Å²) < 4.78 is 5.43. The van der Waals surface area contributed by atoms with Gasteiger partial charge in [0.25, 0.3) is 0 Å². The number of ether oxygens (including phenoxy) is 1. The molecule has 128 valence electrons. The van der Waals surface area contributed by atoms with E-state index in [1.54, 1.807) is 11.3 Å². The van der Waals surface area contributed by atoms with Crippen LogP contribution in [0.5, 0.6) is 0 Å². The van der Waals surface area contributed by atoms with E-state index in [2.05, 4.69) is 12.3 Å². The van der Waals surface area contributed by atoms with Crippen molar-refractivity contribution >= 4 is 17.2 Å². The average molecular weight is 337 g/mol. The molecule has 2 N–H and O–H groups in total. The first kappa shape index (κ1) is 16.9. The highest BCUT2D eigenvalue weighted by molar-refractivity contribution is 7.09. The third-order valence-electron chi connectivity index (χ3n) is 5.28. The van der Waals surface area contributed by atoms with Crippen molar-refractivity contribution in [1.29, 1.82) is 0 Å². The van der Waals surface area contributed by atoms with Crippen LogP contribution in [0.3, 0.4) is 0 Å². The molecule has 0 aromatic carbocycles. The van der Waals surface area contributed by atoms with Gasteiger partial charge in [-0.15, -0.1) is 11.3 Å². The van der Waals surface area contributed by atoms with Crippen LogP contribution in [0.25, 0.3) is 0 Å². The first-order valence-electron chi connectivity index (χ1n) is 8.70. The molecule has 0 spiro atoms. The summed E-state index contributed by atoms with van der Waals surface area (Å²) in [4.78, 5) is 19.9. The summed E-state index contributed by atoms with van der Waals surface area (Å²) in [7, 11) is 0. The van der Waals surface area contributed by atoms with E-state index in [4.69, 9.17) is 15.5 Å². The molecule has 1 atom stereocenters. The number of hydrogen-bond donors (Lipinski definition) is 1. The lowest BCUT2D eigenvalue weighted by molar-refractivity contribution is -0.148. The Morgan fingerprint density at radius 3 is 2.96 bits per heavy atom. The van der Waals surface area contributed by atoms with E-state index in [0.717, 1.165) is 50.9 Å². The number of nitrogens with zero attached hydrogens (tertiary/aromatic N) is 2. The number of aryl methyl sites for hydroxylation is 1. The van der Waals surface area contributed by atoms with Gasteiger partial charge in [0.1, 0.15) is 0 Å². The molecular formula is C17H27N3O2S. The highest BCUT2D eigenvalue weighted by Gasteiger charge is 2.42. The van der Waals surface area contributed by atoms with Gasteiger partial charge in [0.15, 0.2) is 0 Å². The molecule has 3 heterocycles. The van der Waals surface area contributed by atoms with Gasteiger partial charge < -0.3 is 15.4 Å². The van der Waals surface area contributed by atoms with Crippen molar-refractivity contribution in [2.24, 2.45) is 11.1 Å². The van der Waals surface area contributed by atoms with Crippen LogP contribution >= 0.6 is 11.3 Å². The molecule has 2 aliphatic rings. The number of nitrogens with two attached hydrogens (primary N) is 1. The predicted molar refractivity (Wildman–Crippen MR) is 91.6 cm³/mol. The molecule has 23 heavy (non-hydrogen) atoms. The zero-order valence-corrected chi connectivity index (χ0v) is 14.7. The van der Waals surface area contributed by atoms with Crippen molar-refractivity contribution in [3.63, 3.8) is 0 Å². The first-order chi connectivity index (χ1) is 11.2. The summed E-state index contributed by atoms with van der Waals surface area (Å²) in [6.07, 6.45) is 4.65. The molecule has 0 saturated carbocycles. The predicted octanol–water partition coefficient (Wildman–Crippen LogP) is 2.17. The lowest BCUT2D eigenvalue weighted by Crippen LogP contribution is -2.53. The van der Waals surface area contributed by atoms with E-state index >= 15 is 0 Å². The van der Waals surface area contributed by atoms with Gasteiger partial charge in [0, 0.05) is 44.1 Å². The van der Waals surface area contributed by atoms with E-state index in [1.807, 2.05) is 4.90 Å². The molecule has 6 heteroatoms. The van der Waals surface area contributed by atoms with Crippen LogP contribution in [0.4, 0.5) is 0 Å². The number of likely N-dealkylation sites (tertiary alicyclic amines) is 1. The molecule has 1 unspecified atom stereocenters. The Kier molecular flexibility index (Phi) is 5.34. The van der Waals surface area contributed by atoms with Gasteiger partial charge in [-0.05, 0) is 32.1 Å². The fraction of sp³-hybridized carbons (Fsp3) is 0.765. The zero-order valence-electron chi connectivity index (χ0n) is 13.9. The van der Waals surface area contributed by atoms with Crippen molar-refractivity contribution in [3.05, 3.63) is 16.1 Å². The van der Waals surface area contributed by atoms with E-state index < -0.39 is 5.41 Å². The fourth-order valence-electron chi connectivity index (χ4n) is 3.64. The van der Waals surface area contributed by atoms with Crippen molar-refractivity contribution in [1.82, 2.24) is 9.88 Å². The normalized spacial score (nSPS) is 24.6. The van der Waals surface area contributed by atoms with Crippen LogP contribution < -0.4 is 5.73 Å². The quantitative estimate of drug-likeness (QED) is 0.914. The minimum absolute atomic E-state index is 0.236. The standard InChI is InChI=1S/C17H27N3O2S/c1-2-14-11-23-15(19-14)13-4-3-7-20(10-13)16(21)17(12-18)5-8-22-9-6-17/h11,13H,2-10,12,18H2,1H3. The number of aromatic nitrogens is 1. The number of piperidine rings is 1. The van der Waals surface area contributed by atoms with Gasteiger partial charge in [0.05, 0.1) is 16.1 Å². The van der Waals surface area contributed by atoms with Crippen LogP contribution in [-0.2, 0) is 16.0 Å². The maximum absolute atomic E-state index is 13.1. The number of thiazole rings is 1. The van der Waals surface area contributed by atoms with Gasteiger partial charge in [0.2, 0.25) is 5.91 Å². The van der Waals surface area contributed by atoms with E-state index in [9.17, 15) is 4.79 Å². The molecule has 5 nitrogen and oxygen atoms in total. The molecular weight excluding hydrogens is 310 g/mol. The second-order valence-corrected chi connectivity index (χ2v) is 7.61. The third-order valence-corrected chi connectivity index (χ3v) is 6.34. The molecule has 1 amide bonds. The monoisotopic (exact) mass is 337 g/mol. The lowest BCUT2D eigenvalue weighted by Gasteiger charge is -2.41. The van der Waals surface area contributed by atoms with Crippen molar-refractivity contribution in [3.8, 4) is 0 Å². The Bertz CT molecular complexity index is 540. The smallest absolute Gasteiger partial charge is 0.230 e. The Balaban J connectivity index is 1.71. The summed E-state index contributed by atoms with van der Waals surface area (Å²) in [5, 5.41) is 3.34. The Morgan fingerprint density at radius 1 is 1.52 bits per heavy atom. The maximum Gasteiger partial charge on any atom is 0.230 e. The van der Waals surface area contributed by atoms with Crippen molar-refractivity contribution in [2.45, 2.75) is 44.9 Å². The molecule has 2 aliphatic heterocycles. The number of hydrogen-bond acceptors (Lipinski definition) is 5. The van der Waals surface area contributed by atoms with Gasteiger partial charge in [-0.3, -0.25) is 4.79 Å². The Hall–Kier alpha value is -0.980. The SMILES string of the molecule is CCc1csc(C2CCCN(C(=O)C3(CN)CCOCC3)C2)n1. The summed E-state index contributed by atoms with van der Waals surface area (Å²) in [6.45, 7) is 5.49. The molecule has 2 saturated heterocycles. The van der Waals surface area contributed by atoms with Crippen LogP contribution in [0, 0.1) is 5.41 Å². The Morgan fingerprint density at radius 2 is 2.30 bits per heavy atom. The average Bonchev–Trinajstić information content (AvgIpc) is 3.11. The highest BCUT2D eigenvalue weighted by Crippen LogP contribution is 2.35. The number of rotatable bonds is 4. The van der Waals surface area contributed by atoms with Gasteiger partial charge >= 0.3 is 0 Å². The van der Waals surface area contributed by atoms with Crippen LogP contribution in [0.15, 0.2) is 5.38 Å². The molecule has 0 radical (unpaired) electrons. The minimum Gasteiger partial charge on any atom is -0.381 e. The second kappa shape index (κ2) is 7.28. The lowest BCUT2D eigenvalue weighted by atomic mass is 9.78. The first-order valence-corrected chi connectivity index (χ1v) is 9.58. The fourth-order valence-corrected chi connectivity index (χ4v) is 4.67.